The second-order valence-electron chi connectivity index (χ2n) is 11.6. The van der Waals surface area contributed by atoms with Crippen LogP contribution in [-0.2, 0) is 28.9 Å². The van der Waals surface area contributed by atoms with E-state index in [1.807, 2.05) is 6.08 Å². The van der Waals surface area contributed by atoms with Gasteiger partial charge in [0.2, 0.25) is 9.84 Å². The van der Waals surface area contributed by atoms with E-state index in [0.29, 0.717) is 24.2 Å². The fourth-order valence-corrected chi connectivity index (χ4v) is 9.68. The summed E-state index contributed by atoms with van der Waals surface area (Å²) in [5, 5.41) is 0. The van der Waals surface area contributed by atoms with E-state index in [1.165, 1.54) is 19.4 Å². The Hall–Kier alpha value is -2.41. The zero-order chi connectivity index (χ0) is 25.9. The van der Waals surface area contributed by atoms with Crippen molar-refractivity contribution in [2.45, 2.75) is 83.6 Å². The fraction of sp³-hybridized carbons (Fsp3) is 0.586. The molecule has 7 heteroatoms. The topological polar surface area (TPSA) is 86.7 Å². The maximum atomic E-state index is 13.8. The molecule has 0 aliphatic heterocycles. The van der Waals surface area contributed by atoms with Crippen molar-refractivity contribution in [3.05, 3.63) is 52.6 Å². The zero-order valence-corrected chi connectivity index (χ0v) is 22.4. The largest absolute Gasteiger partial charge is 0.462 e. The summed E-state index contributed by atoms with van der Waals surface area (Å²) < 4.78 is 38.9. The molecule has 3 saturated carbocycles. The molecule has 4 aliphatic rings. The van der Waals surface area contributed by atoms with Gasteiger partial charge >= 0.3 is 11.9 Å². The molecule has 36 heavy (non-hydrogen) atoms. The van der Waals surface area contributed by atoms with Crippen LogP contribution in [0.1, 0.15) is 72.6 Å². The molecule has 0 N–H and O–H groups in total. The van der Waals surface area contributed by atoms with Crippen LogP contribution >= 0.6 is 0 Å². The first-order valence-corrected chi connectivity index (χ1v) is 14.5. The number of sulfone groups is 1. The van der Waals surface area contributed by atoms with Gasteiger partial charge in [0.1, 0.15) is 11.9 Å². The van der Waals surface area contributed by atoms with Crippen LogP contribution < -0.4 is 0 Å². The lowest BCUT2D eigenvalue weighted by Gasteiger charge is -2.57. The van der Waals surface area contributed by atoms with E-state index in [2.05, 4.69) is 13.8 Å². The van der Waals surface area contributed by atoms with Crippen molar-refractivity contribution in [3.63, 3.8) is 0 Å². The first-order valence-electron chi connectivity index (χ1n) is 13.1. The van der Waals surface area contributed by atoms with Crippen LogP contribution in [0.15, 0.2) is 57.5 Å². The van der Waals surface area contributed by atoms with Gasteiger partial charge in [-0.1, -0.05) is 37.6 Å². The number of benzene rings is 1. The van der Waals surface area contributed by atoms with Gasteiger partial charge in [0, 0.05) is 19.3 Å². The van der Waals surface area contributed by atoms with Crippen molar-refractivity contribution >= 4 is 21.8 Å². The number of allylic oxidation sites excluding steroid dienone is 3. The molecule has 0 amide bonds. The van der Waals surface area contributed by atoms with Crippen LogP contribution in [-0.4, -0.2) is 26.5 Å². The predicted octanol–water partition coefficient (Wildman–Crippen LogP) is 5.74. The second kappa shape index (κ2) is 8.86. The van der Waals surface area contributed by atoms with Crippen molar-refractivity contribution in [1.82, 2.24) is 0 Å². The Morgan fingerprint density at radius 2 is 1.67 bits per heavy atom. The summed E-state index contributed by atoms with van der Waals surface area (Å²) in [4.78, 5) is 24.1. The molecule has 3 fully saturated rings. The molecule has 194 valence electrons. The summed E-state index contributed by atoms with van der Waals surface area (Å²) >= 11 is 0. The Morgan fingerprint density at radius 1 is 0.944 bits per heavy atom. The van der Waals surface area contributed by atoms with Crippen LogP contribution in [0, 0.1) is 28.6 Å². The molecular formula is C29H36O6S. The second-order valence-corrected chi connectivity index (χ2v) is 13.6. The van der Waals surface area contributed by atoms with Gasteiger partial charge in [0.15, 0.2) is 0 Å². The van der Waals surface area contributed by atoms with Crippen LogP contribution in [0.3, 0.4) is 0 Å². The highest BCUT2D eigenvalue weighted by Gasteiger charge is 2.60. The average molecular weight is 513 g/mol. The molecule has 0 saturated heterocycles. The van der Waals surface area contributed by atoms with E-state index >= 15 is 0 Å². The van der Waals surface area contributed by atoms with Gasteiger partial charge < -0.3 is 9.47 Å². The minimum Gasteiger partial charge on any atom is -0.462 e. The smallest absolute Gasteiger partial charge is 0.308 e. The molecule has 6 nitrogen and oxygen atoms in total. The third kappa shape index (κ3) is 3.94. The molecule has 0 aromatic heterocycles. The predicted molar refractivity (Wildman–Crippen MR) is 135 cm³/mol. The Labute approximate surface area is 214 Å². The van der Waals surface area contributed by atoms with E-state index < -0.39 is 15.8 Å². The highest BCUT2D eigenvalue weighted by Crippen LogP contribution is 2.66. The van der Waals surface area contributed by atoms with Gasteiger partial charge in [-0.3, -0.25) is 9.59 Å². The molecule has 0 unspecified atom stereocenters. The van der Waals surface area contributed by atoms with Crippen molar-refractivity contribution in [2.24, 2.45) is 28.6 Å². The molecule has 6 atom stereocenters. The monoisotopic (exact) mass is 512 g/mol. The molecule has 1 aromatic rings. The standard InChI is InChI=1S/C29H36O6S/c1-18(30)34-25-16-20-10-11-22-23-12-13-27(35-19(2)31)28(23,3)15-14-24(22)29(20,4)17-26(25)36(32,33)21-8-6-5-7-9-21/h5-9,16,22-24,27H,10-15,17H2,1-4H3/t22-,23-,24-,27-,28-,29-/m0/s1. The molecule has 5 rings (SSSR count). The maximum absolute atomic E-state index is 13.8. The molecule has 4 aliphatic carbocycles. The number of esters is 2. The van der Waals surface area contributed by atoms with E-state index in [9.17, 15) is 18.0 Å². The first-order chi connectivity index (χ1) is 17.0. The van der Waals surface area contributed by atoms with Crippen molar-refractivity contribution in [2.75, 3.05) is 0 Å². The number of fused-ring (bicyclic) bond motifs is 5. The third-order valence-electron chi connectivity index (χ3n) is 9.70. The Bertz CT molecular complexity index is 1250. The van der Waals surface area contributed by atoms with Crippen LogP contribution in [0.4, 0.5) is 0 Å². The van der Waals surface area contributed by atoms with Crippen molar-refractivity contribution in [3.8, 4) is 0 Å². The van der Waals surface area contributed by atoms with E-state index in [4.69, 9.17) is 9.47 Å². The van der Waals surface area contributed by atoms with Crippen molar-refractivity contribution in [1.29, 1.82) is 0 Å². The maximum Gasteiger partial charge on any atom is 0.308 e. The quantitative estimate of drug-likeness (QED) is 0.478. The SMILES string of the molecule is CC(=O)OC1=C(S(=O)(=O)c2ccccc2)C[C@@]2(C)C(=C1)CC[C@H]1[C@@H]3CC[C@H](OC(C)=O)[C@@]3(C)CC[C@@H]12. The number of carbonyl (C=O) groups excluding carboxylic acids is 2. The van der Waals surface area contributed by atoms with Crippen molar-refractivity contribution < 1.29 is 27.5 Å². The molecule has 1 aromatic carbocycles. The summed E-state index contributed by atoms with van der Waals surface area (Å²) in [6.07, 6.45) is 7.87. The Balaban J connectivity index is 1.52. The summed E-state index contributed by atoms with van der Waals surface area (Å²) in [6, 6.07) is 8.40. The molecule has 0 bridgehead atoms. The fourth-order valence-electron chi connectivity index (χ4n) is 8.02. The highest BCUT2D eigenvalue weighted by atomic mass is 32.2. The van der Waals surface area contributed by atoms with Gasteiger partial charge in [-0.2, -0.15) is 0 Å². The molecule has 0 radical (unpaired) electrons. The van der Waals surface area contributed by atoms with Crippen LogP contribution in [0.5, 0.6) is 0 Å². The lowest BCUT2D eigenvalue weighted by Crippen LogP contribution is -2.51. The zero-order valence-electron chi connectivity index (χ0n) is 21.6. The molecule has 0 heterocycles. The first kappa shape index (κ1) is 25.2. The summed E-state index contributed by atoms with van der Waals surface area (Å²) in [5.41, 5.74) is 0.826. The minimum absolute atomic E-state index is 0.0310. The van der Waals surface area contributed by atoms with Gasteiger partial charge in [-0.05, 0) is 86.3 Å². The number of ether oxygens (including phenoxy) is 2. The van der Waals surface area contributed by atoms with Crippen LogP contribution in [0.2, 0.25) is 0 Å². The number of hydrogen-bond donors (Lipinski definition) is 0. The van der Waals surface area contributed by atoms with Gasteiger partial charge in [-0.25, -0.2) is 8.42 Å². The molecule has 0 spiro atoms. The summed E-state index contributed by atoms with van der Waals surface area (Å²) in [7, 11) is -3.83. The van der Waals surface area contributed by atoms with Gasteiger partial charge in [-0.15, -0.1) is 0 Å². The normalized spacial score (nSPS) is 35.7. The lowest BCUT2D eigenvalue weighted by molar-refractivity contribution is -0.157. The Morgan fingerprint density at radius 3 is 2.33 bits per heavy atom. The Kier molecular flexibility index (Phi) is 6.21. The number of rotatable bonds is 4. The molecular weight excluding hydrogens is 476 g/mol. The lowest BCUT2D eigenvalue weighted by atomic mass is 9.48. The van der Waals surface area contributed by atoms with E-state index in [1.54, 1.807) is 30.3 Å². The van der Waals surface area contributed by atoms with Gasteiger partial charge in [0.25, 0.3) is 0 Å². The average Bonchev–Trinajstić information content (AvgIpc) is 3.14. The van der Waals surface area contributed by atoms with E-state index in [-0.39, 0.29) is 38.5 Å². The van der Waals surface area contributed by atoms with Gasteiger partial charge in [0.05, 0.1) is 9.80 Å². The highest BCUT2D eigenvalue weighted by molar-refractivity contribution is 7.95. The summed E-state index contributed by atoms with van der Waals surface area (Å²) in [5.74, 6) is 0.668. The minimum atomic E-state index is -3.83. The number of carbonyl (C=O) groups is 2. The third-order valence-corrected chi connectivity index (χ3v) is 11.6. The van der Waals surface area contributed by atoms with Crippen LogP contribution in [0.25, 0.3) is 0 Å². The number of hydrogen-bond acceptors (Lipinski definition) is 6. The summed E-state index contributed by atoms with van der Waals surface area (Å²) in [6.45, 7) is 7.30. The van der Waals surface area contributed by atoms with E-state index in [0.717, 1.165) is 38.5 Å².